The quantitative estimate of drug-likeness (QED) is 0.349. The van der Waals surface area contributed by atoms with Gasteiger partial charge in [-0.1, -0.05) is 0 Å². The Morgan fingerprint density at radius 2 is 2.26 bits per heavy atom. The predicted molar refractivity (Wildman–Crippen MR) is 84.5 cm³/mol. The zero-order valence-electron chi connectivity index (χ0n) is 12.4. The fourth-order valence-corrected chi connectivity index (χ4v) is 2.60. The molecule has 1 fully saturated rings. The maximum Gasteiger partial charge on any atom is 0.330 e. The number of rotatable bonds is 7. The van der Waals surface area contributed by atoms with Gasteiger partial charge in [0.25, 0.3) is 5.56 Å². The lowest BCUT2D eigenvalue weighted by Crippen LogP contribution is -2.40. The Bertz CT molecular complexity index is 616. The number of aromatic amines is 1. The van der Waals surface area contributed by atoms with Crippen molar-refractivity contribution in [3.05, 3.63) is 33.1 Å². The molecule has 1 aromatic heterocycles. The number of aliphatic hydroxyl groups is 2. The van der Waals surface area contributed by atoms with Crippen LogP contribution in [-0.4, -0.2) is 63.6 Å². The van der Waals surface area contributed by atoms with Gasteiger partial charge in [-0.25, -0.2) is 4.79 Å². The molecule has 0 amide bonds. The third-order valence-electron chi connectivity index (χ3n) is 3.73. The second-order valence-electron chi connectivity index (χ2n) is 5.34. The van der Waals surface area contributed by atoms with Crippen molar-refractivity contribution in [2.24, 2.45) is 11.7 Å². The number of hydrogen-bond acceptors (Lipinski definition) is 8. The van der Waals surface area contributed by atoms with Crippen LogP contribution in [0.25, 0.3) is 0 Å². The zero-order chi connectivity index (χ0) is 17.0. The second kappa shape index (κ2) is 8.08. The lowest BCUT2D eigenvalue weighted by Gasteiger charge is -2.24. The molecular weight excluding hydrogens is 326 g/mol. The Balaban J connectivity index is 2.23. The minimum Gasteiger partial charge on any atom is -0.394 e. The van der Waals surface area contributed by atoms with Gasteiger partial charge in [0.2, 0.25) is 0 Å². The molecule has 5 N–H and O–H groups in total. The molecule has 0 saturated carbocycles. The van der Waals surface area contributed by atoms with Gasteiger partial charge in [-0.3, -0.25) is 14.3 Å². The number of thiol groups is 1. The Kier molecular flexibility index (Phi) is 6.39. The minimum absolute atomic E-state index is 0.0216. The summed E-state index contributed by atoms with van der Waals surface area (Å²) < 4.78 is 12.3. The van der Waals surface area contributed by atoms with E-state index in [0.29, 0.717) is 12.3 Å². The van der Waals surface area contributed by atoms with Crippen LogP contribution in [0.1, 0.15) is 6.23 Å². The molecule has 1 unspecified atom stereocenters. The van der Waals surface area contributed by atoms with E-state index < -0.39 is 42.4 Å². The van der Waals surface area contributed by atoms with Crippen molar-refractivity contribution in [1.82, 2.24) is 9.55 Å². The van der Waals surface area contributed by atoms with E-state index in [0.717, 1.165) is 10.6 Å². The molecule has 0 bridgehead atoms. The topological polar surface area (TPSA) is 140 Å². The molecule has 5 atom stereocenters. The molecule has 2 rings (SSSR count). The number of hydrogen-bond donors (Lipinski definition) is 5. The van der Waals surface area contributed by atoms with Crippen molar-refractivity contribution in [2.75, 3.05) is 25.5 Å². The summed E-state index contributed by atoms with van der Waals surface area (Å²) in [6.45, 7) is 0.153. The van der Waals surface area contributed by atoms with E-state index >= 15 is 0 Å². The second-order valence-corrected chi connectivity index (χ2v) is 5.70. The summed E-state index contributed by atoms with van der Waals surface area (Å²) in [6, 6.07) is 1.16. The van der Waals surface area contributed by atoms with Gasteiger partial charge in [-0.2, -0.15) is 12.6 Å². The van der Waals surface area contributed by atoms with Crippen LogP contribution in [0.2, 0.25) is 0 Å². The van der Waals surface area contributed by atoms with Gasteiger partial charge in [0.05, 0.1) is 13.2 Å². The number of ether oxygens (including phenoxy) is 2. The molecule has 1 aliphatic rings. The van der Waals surface area contributed by atoms with Crippen LogP contribution < -0.4 is 17.0 Å². The Morgan fingerprint density at radius 3 is 2.83 bits per heavy atom. The van der Waals surface area contributed by atoms with Crippen LogP contribution in [0, 0.1) is 5.92 Å². The van der Waals surface area contributed by atoms with Gasteiger partial charge in [0.1, 0.15) is 18.3 Å². The Hall–Kier alpha value is -1.17. The molecule has 2 heterocycles. The molecule has 9 nitrogen and oxygen atoms in total. The van der Waals surface area contributed by atoms with Gasteiger partial charge in [-0.05, 0) is 12.3 Å². The van der Waals surface area contributed by atoms with Crippen molar-refractivity contribution in [1.29, 1.82) is 0 Å². The lowest BCUT2D eigenvalue weighted by molar-refractivity contribution is -0.0796. The molecule has 0 aliphatic carbocycles. The van der Waals surface area contributed by atoms with Crippen LogP contribution in [0.15, 0.2) is 21.9 Å². The number of nitrogens with zero attached hydrogens (tertiary/aromatic N) is 1. The normalized spacial score (nSPS) is 28.9. The first-order valence-electron chi connectivity index (χ1n) is 7.20. The van der Waals surface area contributed by atoms with Gasteiger partial charge >= 0.3 is 5.69 Å². The highest BCUT2D eigenvalue weighted by molar-refractivity contribution is 7.80. The minimum atomic E-state index is -1.12. The first kappa shape index (κ1) is 18.2. The lowest BCUT2D eigenvalue weighted by atomic mass is 10.1. The van der Waals surface area contributed by atoms with Crippen molar-refractivity contribution in [3.8, 4) is 0 Å². The molecular formula is C13H21N3O6S. The van der Waals surface area contributed by atoms with Crippen molar-refractivity contribution < 1.29 is 19.7 Å². The molecule has 0 radical (unpaired) electrons. The van der Waals surface area contributed by atoms with Crippen LogP contribution >= 0.6 is 12.6 Å². The summed E-state index contributed by atoms with van der Waals surface area (Å²) in [4.78, 5) is 25.2. The average Bonchev–Trinajstić information content (AvgIpc) is 2.84. The fraction of sp³-hybridized carbons (Fsp3) is 0.692. The van der Waals surface area contributed by atoms with E-state index in [4.69, 9.17) is 15.2 Å². The van der Waals surface area contributed by atoms with E-state index in [1.165, 1.54) is 6.20 Å². The SMILES string of the molecule is NCC(CS)CO[C@@H]1[C@H](O)[C@@H](CO)O[C@H]1n1ccc(=O)[nH]c1=O. The summed E-state index contributed by atoms with van der Waals surface area (Å²) >= 11 is 4.16. The monoisotopic (exact) mass is 347 g/mol. The molecule has 0 aromatic carbocycles. The number of H-pyrrole nitrogens is 1. The van der Waals surface area contributed by atoms with Crippen LogP contribution in [0.4, 0.5) is 0 Å². The molecule has 1 aromatic rings. The standard InChI is InChI=1S/C13H21N3O6S/c14-3-7(6-23)5-21-11-10(19)8(4-17)22-12(11)16-2-1-9(18)15-13(16)20/h1-2,7-8,10-12,17,19,23H,3-6,14H2,(H,15,18,20)/t7?,8-,10-,11-,12-/m1/s1. The number of aliphatic hydroxyl groups excluding tert-OH is 2. The zero-order valence-corrected chi connectivity index (χ0v) is 13.3. The van der Waals surface area contributed by atoms with Gasteiger partial charge in [-0.15, -0.1) is 0 Å². The highest BCUT2D eigenvalue weighted by Gasteiger charge is 2.45. The molecule has 10 heteroatoms. The molecule has 1 saturated heterocycles. The number of aromatic nitrogens is 2. The number of nitrogens with one attached hydrogen (secondary N) is 1. The summed E-state index contributed by atoms with van der Waals surface area (Å²) in [7, 11) is 0. The van der Waals surface area contributed by atoms with Crippen LogP contribution in [0.5, 0.6) is 0 Å². The first-order chi connectivity index (χ1) is 11.0. The van der Waals surface area contributed by atoms with E-state index in [1.807, 2.05) is 0 Å². The largest absolute Gasteiger partial charge is 0.394 e. The van der Waals surface area contributed by atoms with E-state index in [-0.39, 0.29) is 12.5 Å². The summed E-state index contributed by atoms with van der Waals surface area (Å²) in [6.07, 6.45) is -2.61. The summed E-state index contributed by atoms with van der Waals surface area (Å²) in [5.74, 6) is 0.485. The van der Waals surface area contributed by atoms with E-state index in [1.54, 1.807) is 0 Å². The van der Waals surface area contributed by atoms with E-state index in [9.17, 15) is 19.8 Å². The Labute approximate surface area is 137 Å². The van der Waals surface area contributed by atoms with Crippen LogP contribution in [0.3, 0.4) is 0 Å². The van der Waals surface area contributed by atoms with Crippen molar-refractivity contribution >= 4 is 12.6 Å². The molecule has 1 aliphatic heterocycles. The van der Waals surface area contributed by atoms with Gasteiger partial charge in [0, 0.05) is 18.2 Å². The van der Waals surface area contributed by atoms with Gasteiger partial charge in [0.15, 0.2) is 6.23 Å². The highest BCUT2D eigenvalue weighted by atomic mass is 32.1. The Morgan fingerprint density at radius 1 is 1.52 bits per heavy atom. The van der Waals surface area contributed by atoms with Crippen molar-refractivity contribution in [3.63, 3.8) is 0 Å². The van der Waals surface area contributed by atoms with Crippen molar-refractivity contribution in [2.45, 2.75) is 24.5 Å². The van der Waals surface area contributed by atoms with Crippen LogP contribution in [-0.2, 0) is 9.47 Å². The maximum absolute atomic E-state index is 11.9. The predicted octanol–water partition coefficient (Wildman–Crippen LogP) is -2.32. The molecule has 23 heavy (non-hydrogen) atoms. The maximum atomic E-state index is 11.9. The number of nitrogens with two attached hydrogens (primary N) is 1. The smallest absolute Gasteiger partial charge is 0.330 e. The highest BCUT2D eigenvalue weighted by Crippen LogP contribution is 2.30. The molecule has 130 valence electrons. The fourth-order valence-electron chi connectivity index (χ4n) is 2.34. The summed E-state index contributed by atoms with van der Waals surface area (Å²) in [5, 5.41) is 19.5. The van der Waals surface area contributed by atoms with E-state index in [2.05, 4.69) is 17.6 Å². The third kappa shape index (κ3) is 4.03. The molecule has 0 spiro atoms. The first-order valence-corrected chi connectivity index (χ1v) is 7.83. The third-order valence-corrected chi connectivity index (χ3v) is 4.25. The van der Waals surface area contributed by atoms with Gasteiger partial charge < -0.3 is 25.4 Å². The summed E-state index contributed by atoms with van der Waals surface area (Å²) in [5.41, 5.74) is 4.35. The average molecular weight is 347 g/mol.